The normalized spacial score (nSPS) is 18.5. The highest BCUT2D eigenvalue weighted by Crippen LogP contribution is 2.40. The van der Waals surface area contributed by atoms with Crippen LogP contribution in [0.3, 0.4) is 0 Å². The molecule has 0 saturated carbocycles. The Balaban J connectivity index is 4.58. The van der Waals surface area contributed by atoms with Gasteiger partial charge in [0.25, 0.3) is 0 Å². The third-order valence-corrected chi connectivity index (χ3v) is 1.51. The molecule has 0 amide bonds. The van der Waals surface area contributed by atoms with Gasteiger partial charge in [0.2, 0.25) is 0 Å². The Bertz CT molecular complexity index is 172. The van der Waals surface area contributed by atoms with Gasteiger partial charge in [-0.1, -0.05) is 6.92 Å². The van der Waals surface area contributed by atoms with Crippen molar-refractivity contribution >= 4 is 0 Å². The van der Waals surface area contributed by atoms with Gasteiger partial charge in [0, 0.05) is 0 Å². The van der Waals surface area contributed by atoms with Gasteiger partial charge in [-0.3, -0.25) is 0 Å². The summed E-state index contributed by atoms with van der Waals surface area (Å²) < 4.78 is 73.9. The van der Waals surface area contributed by atoms with Crippen molar-refractivity contribution < 1.29 is 31.1 Å². The maximum Gasteiger partial charge on any atom is 0.527 e. The molecule has 0 heterocycles. The first-order valence-electron chi connectivity index (χ1n) is 3.35. The predicted molar refractivity (Wildman–Crippen MR) is 31.9 cm³/mol. The minimum atomic E-state index is -5.55. The summed E-state index contributed by atoms with van der Waals surface area (Å²) in [6, 6.07) is 0. The molecule has 1 nitrogen and oxygen atoms in total. The molecule has 0 aromatic heterocycles. The third-order valence-electron chi connectivity index (χ3n) is 1.51. The van der Waals surface area contributed by atoms with Crippen LogP contribution < -0.4 is 0 Å². The molecule has 0 saturated heterocycles. The smallest absolute Gasteiger partial charge is 0.235 e. The molecule has 0 aromatic rings. The van der Waals surface area contributed by atoms with Gasteiger partial charge in [-0.25, -0.2) is 9.13 Å². The van der Waals surface area contributed by atoms with E-state index in [4.69, 9.17) is 0 Å². The van der Waals surface area contributed by atoms with Crippen molar-refractivity contribution in [3.63, 3.8) is 0 Å². The SMILES string of the molecule is CCC(C)(F)C(F)(F)OC(F)(F)F. The van der Waals surface area contributed by atoms with Gasteiger partial charge in [0.1, 0.15) is 0 Å². The monoisotopic (exact) mass is 210 g/mol. The van der Waals surface area contributed by atoms with Gasteiger partial charge in [-0.15, -0.1) is 13.2 Å². The molecule has 0 rings (SSSR count). The van der Waals surface area contributed by atoms with Crippen LogP contribution in [0.25, 0.3) is 0 Å². The lowest BCUT2D eigenvalue weighted by Crippen LogP contribution is -2.46. The fourth-order valence-corrected chi connectivity index (χ4v) is 0.458. The number of halogens is 6. The molecule has 80 valence electrons. The van der Waals surface area contributed by atoms with Crippen molar-refractivity contribution in [3.05, 3.63) is 0 Å². The van der Waals surface area contributed by atoms with Gasteiger partial charge >= 0.3 is 12.5 Å². The molecule has 0 aliphatic carbocycles. The summed E-state index contributed by atoms with van der Waals surface area (Å²) in [6.45, 7) is 1.34. The number of alkyl halides is 6. The van der Waals surface area contributed by atoms with Crippen LogP contribution in [0.1, 0.15) is 20.3 Å². The van der Waals surface area contributed by atoms with Crippen molar-refractivity contribution in [1.82, 2.24) is 0 Å². The summed E-state index contributed by atoms with van der Waals surface area (Å²) in [6.07, 6.45) is -11.2. The zero-order chi connectivity index (χ0) is 10.9. The maximum absolute atomic E-state index is 12.8. The van der Waals surface area contributed by atoms with Crippen molar-refractivity contribution in [1.29, 1.82) is 0 Å². The van der Waals surface area contributed by atoms with Crippen LogP contribution in [0.2, 0.25) is 0 Å². The molecule has 0 spiro atoms. The quantitative estimate of drug-likeness (QED) is 0.649. The maximum atomic E-state index is 12.8. The highest BCUT2D eigenvalue weighted by atomic mass is 19.4. The molecule has 1 atom stereocenters. The summed E-state index contributed by atoms with van der Waals surface area (Å²) in [5.74, 6) is 0. The van der Waals surface area contributed by atoms with Crippen LogP contribution in [-0.2, 0) is 4.74 Å². The second kappa shape index (κ2) is 3.36. The van der Waals surface area contributed by atoms with E-state index < -0.39 is 24.6 Å². The van der Waals surface area contributed by atoms with E-state index in [2.05, 4.69) is 4.74 Å². The van der Waals surface area contributed by atoms with E-state index in [0.717, 1.165) is 6.92 Å². The summed E-state index contributed by atoms with van der Waals surface area (Å²) >= 11 is 0. The predicted octanol–water partition coefficient (Wildman–Crippen LogP) is 3.25. The van der Waals surface area contributed by atoms with E-state index in [9.17, 15) is 26.3 Å². The van der Waals surface area contributed by atoms with E-state index >= 15 is 0 Å². The number of rotatable bonds is 3. The number of hydrogen-bond donors (Lipinski definition) is 0. The highest BCUT2D eigenvalue weighted by Gasteiger charge is 2.57. The Labute approximate surface area is 70.7 Å². The molecule has 0 radical (unpaired) electrons. The van der Waals surface area contributed by atoms with Crippen molar-refractivity contribution in [2.45, 2.75) is 38.4 Å². The van der Waals surface area contributed by atoms with Crippen molar-refractivity contribution in [3.8, 4) is 0 Å². The van der Waals surface area contributed by atoms with E-state index in [0.29, 0.717) is 6.92 Å². The van der Waals surface area contributed by atoms with Crippen LogP contribution in [0.4, 0.5) is 26.3 Å². The second-order valence-electron chi connectivity index (χ2n) is 2.62. The molecule has 7 heteroatoms. The first-order valence-corrected chi connectivity index (χ1v) is 3.35. The lowest BCUT2D eigenvalue weighted by atomic mass is 10.1. The molecule has 0 N–H and O–H groups in total. The topological polar surface area (TPSA) is 9.23 Å². The average molecular weight is 210 g/mol. The molecule has 13 heavy (non-hydrogen) atoms. The Kier molecular flexibility index (Phi) is 3.24. The van der Waals surface area contributed by atoms with E-state index in [-0.39, 0.29) is 0 Å². The molecular formula is C6H8F6O. The lowest BCUT2D eigenvalue weighted by Gasteiger charge is -2.28. The van der Waals surface area contributed by atoms with Crippen LogP contribution in [0.15, 0.2) is 0 Å². The van der Waals surface area contributed by atoms with Crippen LogP contribution >= 0.6 is 0 Å². The van der Waals surface area contributed by atoms with Crippen molar-refractivity contribution in [2.24, 2.45) is 0 Å². The number of ether oxygens (including phenoxy) is 1. The highest BCUT2D eigenvalue weighted by molar-refractivity contribution is 4.81. The van der Waals surface area contributed by atoms with Gasteiger partial charge in [-0.05, 0) is 13.3 Å². The number of hydrogen-bond acceptors (Lipinski definition) is 1. The Morgan fingerprint density at radius 1 is 1.00 bits per heavy atom. The Hall–Kier alpha value is -0.460. The van der Waals surface area contributed by atoms with Gasteiger partial charge in [0.05, 0.1) is 0 Å². The first kappa shape index (κ1) is 12.5. The van der Waals surface area contributed by atoms with E-state index in [1.807, 2.05) is 0 Å². The zero-order valence-corrected chi connectivity index (χ0v) is 6.88. The van der Waals surface area contributed by atoms with E-state index in [1.165, 1.54) is 0 Å². The molecule has 1 unspecified atom stereocenters. The summed E-state index contributed by atoms with van der Waals surface area (Å²) in [5.41, 5.74) is -3.33. The summed E-state index contributed by atoms with van der Waals surface area (Å²) in [7, 11) is 0. The van der Waals surface area contributed by atoms with Crippen molar-refractivity contribution in [2.75, 3.05) is 0 Å². The lowest BCUT2D eigenvalue weighted by molar-refractivity contribution is -0.449. The van der Waals surface area contributed by atoms with Crippen LogP contribution in [0.5, 0.6) is 0 Å². The molecule has 0 aliphatic heterocycles. The van der Waals surface area contributed by atoms with Crippen LogP contribution in [-0.4, -0.2) is 18.1 Å². The zero-order valence-electron chi connectivity index (χ0n) is 6.88. The largest absolute Gasteiger partial charge is 0.527 e. The van der Waals surface area contributed by atoms with E-state index in [1.54, 1.807) is 0 Å². The second-order valence-corrected chi connectivity index (χ2v) is 2.62. The van der Waals surface area contributed by atoms with Gasteiger partial charge < -0.3 is 0 Å². The Morgan fingerprint density at radius 3 is 1.62 bits per heavy atom. The standard InChI is InChI=1S/C6H8F6O/c1-3-4(2,7)5(8,9)13-6(10,11)12/h3H2,1-2H3. The summed E-state index contributed by atoms with van der Waals surface area (Å²) in [5, 5.41) is 0. The molecular weight excluding hydrogens is 202 g/mol. The van der Waals surface area contributed by atoms with Crippen LogP contribution in [0, 0.1) is 0 Å². The van der Waals surface area contributed by atoms with Gasteiger partial charge in [-0.2, -0.15) is 8.78 Å². The minimum absolute atomic E-state index is 0.346. The first-order chi connectivity index (χ1) is 5.52. The minimum Gasteiger partial charge on any atom is -0.235 e. The Morgan fingerprint density at radius 2 is 1.38 bits per heavy atom. The molecule has 0 fully saturated rings. The third kappa shape index (κ3) is 3.41. The molecule has 0 aliphatic rings. The average Bonchev–Trinajstić information content (AvgIpc) is 1.81. The molecule has 0 aromatic carbocycles. The fraction of sp³-hybridized carbons (Fsp3) is 1.00. The molecule has 0 bridgehead atoms. The fourth-order valence-electron chi connectivity index (χ4n) is 0.458. The summed E-state index contributed by atoms with van der Waals surface area (Å²) in [4.78, 5) is 0. The van der Waals surface area contributed by atoms with Gasteiger partial charge in [0.15, 0.2) is 5.67 Å².